The van der Waals surface area contributed by atoms with E-state index in [0.717, 1.165) is 5.75 Å². The van der Waals surface area contributed by atoms with Crippen molar-refractivity contribution in [2.45, 2.75) is 5.92 Å². The van der Waals surface area contributed by atoms with Gasteiger partial charge in [0.05, 0.1) is 17.9 Å². The third kappa shape index (κ3) is 2.30. The van der Waals surface area contributed by atoms with Gasteiger partial charge in [-0.15, -0.1) is 0 Å². The molecule has 0 saturated carbocycles. The van der Waals surface area contributed by atoms with Crippen molar-refractivity contribution in [3.05, 3.63) is 59.4 Å². The second-order valence-electron chi connectivity index (χ2n) is 4.73. The van der Waals surface area contributed by atoms with Gasteiger partial charge in [0.25, 0.3) is 0 Å². The highest BCUT2D eigenvalue weighted by molar-refractivity contribution is 5.57. The minimum absolute atomic E-state index is 0.239. The molecule has 0 amide bonds. The van der Waals surface area contributed by atoms with Crippen LogP contribution in [0.1, 0.15) is 17.0 Å². The Morgan fingerprint density at radius 3 is 3.00 bits per heavy atom. The number of fused-ring (bicyclic) bond motifs is 1. The maximum atomic E-state index is 13.1. The van der Waals surface area contributed by atoms with Crippen LogP contribution in [0.25, 0.3) is 0 Å². The smallest absolute Gasteiger partial charge is 0.124 e. The molecule has 4 heteroatoms. The molecular weight excluding hydrogens is 255 g/mol. The van der Waals surface area contributed by atoms with E-state index in [1.54, 1.807) is 6.07 Å². The quantitative estimate of drug-likeness (QED) is 0.929. The van der Waals surface area contributed by atoms with E-state index in [1.165, 1.54) is 17.7 Å². The minimum atomic E-state index is -0.401. The molecular formula is C16H13FN2O. The highest BCUT2D eigenvalue weighted by Gasteiger charge is 2.23. The summed E-state index contributed by atoms with van der Waals surface area (Å²) in [6, 6.07) is 14.1. The van der Waals surface area contributed by atoms with Crippen molar-refractivity contribution < 1.29 is 9.13 Å². The van der Waals surface area contributed by atoms with Gasteiger partial charge in [-0.1, -0.05) is 18.2 Å². The Kier molecular flexibility index (Phi) is 3.26. The first-order valence-electron chi connectivity index (χ1n) is 6.43. The predicted molar refractivity (Wildman–Crippen MR) is 74.3 cm³/mol. The average Bonchev–Trinajstić information content (AvgIpc) is 2.89. The molecule has 0 aliphatic carbocycles. The first kappa shape index (κ1) is 12.5. The Balaban J connectivity index is 1.74. The van der Waals surface area contributed by atoms with E-state index in [4.69, 9.17) is 10.00 Å². The van der Waals surface area contributed by atoms with Crippen LogP contribution in [0.5, 0.6) is 5.75 Å². The van der Waals surface area contributed by atoms with Crippen molar-refractivity contribution in [1.29, 1.82) is 5.26 Å². The fourth-order valence-corrected chi connectivity index (χ4v) is 2.39. The fraction of sp³-hybridized carbons (Fsp3) is 0.188. The average molecular weight is 268 g/mol. The Bertz CT molecular complexity index is 678. The Morgan fingerprint density at radius 1 is 1.30 bits per heavy atom. The molecule has 1 heterocycles. The van der Waals surface area contributed by atoms with Crippen LogP contribution in [0.4, 0.5) is 10.1 Å². The Morgan fingerprint density at radius 2 is 2.15 bits per heavy atom. The summed E-state index contributed by atoms with van der Waals surface area (Å²) in [6.07, 6.45) is 0. The second-order valence-corrected chi connectivity index (χ2v) is 4.73. The molecule has 1 aliphatic heterocycles. The number of ether oxygens (including phenoxy) is 1. The Labute approximate surface area is 116 Å². The highest BCUT2D eigenvalue weighted by atomic mass is 19.1. The van der Waals surface area contributed by atoms with Crippen molar-refractivity contribution in [2.75, 3.05) is 18.5 Å². The SMILES string of the molecule is N#Cc1cc(F)ccc1NCC1COc2ccccc21. The lowest BCUT2D eigenvalue weighted by Gasteiger charge is -2.12. The van der Waals surface area contributed by atoms with Crippen LogP contribution in [-0.2, 0) is 0 Å². The molecule has 0 bridgehead atoms. The van der Waals surface area contributed by atoms with Crippen LogP contribution in [-0.4, -0.2) is 13.2 Å². The van der Waals surface area contributed by atoms with Gasteiger partial charge < -0.3 is 10.1 Å². The first-order chi connectivity index (χ1) is 9.78. The standard InChI is InChI=1S/C16H13FN2O/c17-13-5-6-15(11(7-13)8-18)19-9-12-10-20-16-4-2-1-3-14(12)16/h1-7,12,19H,9-10H2. The predicted octanol–water partition coefficient (Wildman–Crippen LogP) is 3.29. The third-order valence-corrected chi connectivity index (χ3v) is 3.44. The fourth-order valence-electron chi connectivity index (χ4n) is 2.39. The molecule has 1 N–H and O–H groups in total. The van der Waals surface area contributed by atoms with Crippen LogP contribution in [0.3, 0.4) is 0 Å². The number of nitriles is 1. The van der Waals surface area contributed by atoms with Gasteiger partial charge in [-0.05, 0) is 24.3 Å². The molecule has 0 spiro atoms. The monoisotopic (exact) mass is 268 g/mol. The zero-order chi connectivity index (χ0) is 13.9. The molecule has 2 aromatic carbocycles. The molecule has 0 saturated heterocycles. The summed E-state index contributed by atoms with van der Waals surface area (Å²) in [4.78, 5) is 0. The van der Waals surface area contributed by atoms with Crippen LogP contribution >= 0.6 is 0 Å². The van der Waals surface area contributed by atoms with Gasteiger partial charge in [-0.2, -0.15) is 5.26 Å². The highest BCUT2D eigenvalue weighted by Crippen LogP contribution is 2.33. The number of hydrogen-bond acceptors (Lipinski definition) is 3. The molecule has 1 aliphatic rings. The molecule has 1 unspecified atom stereocenters. The lowest BCUT2D eigenvalue weighted by Crippen LogP contribution is -2.14. The van der Waals surface area contributed by atoms with E-state index in [-0.39, 0.29) is 5.92 Å². The molecule has 0 aromatic heterocycles. The summed E-state index contributed by atoms with van der Waals surface area (Å²) in [6.45, 7) is 1.27. The van der Waals surface area contributed by atoms with Crippen LogP contribution in [0, 0.1) is 17.1 Å². The topological polar surface area (TPSA) is 45.0 Å². The number of anilines is 1. The first-order valence-corrected chi connectivity index (χ1v) is 6.43. The largest absolute Gasteiger partial charge is 0.493 e. The van der Waals surface area contributed by atoms with Crippen molar-refractivity contribution >= 4 is 5.69 Å². The lowest BCUT2D eigenvalue weighted by molar-refractivity contribution is 0.334. The number of rotatable bonds is 3. The summed E-state index contributed by atoms with van der Waals surface area (Å²) in [5.74, 6) is 0.753. The van der Waals surface area contributed by atoms with Gasteiger partial charge in [0.15, 0.2) is 0 Å². The van der Waals surface area contributed by atoms with Crippen molar-refractivity contribution in [3.8, 4) is 11.8 Å². The minimum Gasteiger partial charge on any atom is -0.493 e. The van der Waals surface area contributed by atoms with Crippen LogP contribution in [0.15, 0.2) is 42.5 Å². The molecule has 3 rings (SSSR count). The summed E-state index contributed by atoms with van der Waals surface area (Å²) in [5, 5.41) is 12.2. The van der Waals surface area contributed by atoms with Gasteiger partial charge >= 0.3 is 0 Å². The molecule has 2 aromatic rings. The van der Waals surface area contributed by atoms with E-state index in [1.807, 2.05) is 30.3 Å². The van der Waals surface area contributed by atoms with Crippen LogP contribution in [0.2, 0.25) is 0 Å². The van der Waals surface area contributed by atoms with E-state index in [0.29, 0.717) is 24.4 Å². The summed E-state index contributed by atoms with van der Waals surface area (Å²) in [7, 11) is 0. The van der Waals surface area contributed by atoms with E-state index in [9.17, 15) is 4.39 Å². The van der Waals surface area contributed by atoms with Gasteiger partial charge in [-0.25, -0.2) is 4.39 Å². The van der Waals surface area contributed by atoms with Gasteiger partial charge in [0.1, 0.15) is 17.6 Å². The van der Waals surface area contributed by atoms with Crippen molar-refractivity contribution in [1.82, 2.24) is 0 Å². The molecule has 3 nitrogen and oxygen atoms in total. The third-order valence-electron chi connectivity index (χ3n) is 3.44. The number of nitrogens with zero attached hydrogens (tertiary/aromatic N) is 1. The molecule has 20 heavy (non-hydrogen) atoms. The van der Waals surface area contributed by atoms with E-state index < -0.39 is 5.82 Å². The normalized spacial score (nSPS) is 16.1. The van der Waals surface area contributed by atoms with E-state index >= 15 is 0 Å². The Hall–Kier alpha value is -2.54. The number of halogens is 1. The molecule has 0 radical (unpaired) electrons. The number of hydrogen-bond donors (Lipinski definition) is 1. The lowest BCUT2D eigenvalue weighted by atomic mass is 10.0. The maximum absolute atomic E-state index is 13.1. The summed E-state index contributed by atoms with van der Waals surface area (Å²) >= 11 is 0. The zero-order valence-electron chi connectivity index (χ0n) is 10.8. The number of nitrogens with one attached hydrogen (secondary N) is 1. The summed E-state index contributed by atoms with van der Waals surface area (Å²) in [5.41, 5.74) is 2.14. The van der Waals surface area contributed by atoms with Gasteiger partial charge in [0.2, 0.25) is 0 Å². The maximum Gasteiger partial charge on any atom is 0.124 e. The second kappa shape index (κ2) is 5.22. The summed E-state index contributed by atoms with van der Waals surface area (Å²) < 4.78 is 18.7. The number of para-hydroxylation sites is 1. The van der Waals surface area contributed by atoms with Gasteiger partial charge in [-0.3, -0.25) is 0 Å². The van der Waals surface area contributed by atoms with Gasteiger partial charge in [0, 0.05) is 18.0 Å². The molecule has 0 fully saturated rings. The molecule has 100 valence electrons. The zero-order valence-corrected chi connectivity index (χ0v) is 10.8. The van der Waals surface area contributed by atoms with Crippen molar-refractivity contribution in [3.63, 3.8) is 0 Å². The van der Waals surface area contributed by atoms with Crippen molar-refractivity contribution in [2.24, 2.45) is 0 Å². The van der Waals surface area contributed by atoms with E-state index in [2.05, 4.69) is 5.32 Å². The molecule has 1 atom stereocenters. The van der Waals surface area contributed by atoms with Crippen LogP contribution < -0.4 is 10.1 Å². The number of benzene rings is 2.